The van der Waals surface area contributed by atoms with Crippen LogP contribution in [0.1, 0.15) is 5.56 Å². The minimum atomic E-state index is -0.608. The van der Waals surface area contributed by atoms with Crippen LogP contribution in [-0.4, -0.2) is 4.98 Å². The number of rotatable bonds is 3. The van der Waals surface area contributed by atoms with Gasteiger partial charge < -0.3 is 10.2 Å². The van der Waals surface area contributed by atoms with Crippen molar-refractivity contribution >= 4 is 44.5 Å². The maximum absolute atomic E-state index is 13.9. The number of anilines is 1. The molecule has 0 unspecified atom stereocenters. The lowest BCUT2D eigenvalue weighted by molar-refractivity contribution is 0.489. The quantitative estimate of drug-likeness (QED) is 0.410. The number of oxazole rings is 1. The molecule has 21 heavy (non-hydrogen) atoms. The first-order valence-corrected chi connectivity index (χ1v) is 7.73. The second kappa shape index (κ2) is 5.65. The summed E-state index contributed by atoms with van der Waals surface area (Å²) >= 11 is 4.16. The van der Waals surface area contributed by atoms with Gasteiger partial charge in [0.15, 0.2) is 5.58 Å². The first kappa shape index (κ1) is 14.3. The predicted molar refractivity (Wildman–Crippen MR) is 82.0 cm³/mol. The number of nitrogens with two attached hydrogens (primary N) is 1. The molecular weight excluding hydrogens is 362 g/mol. The number of benzene rings is 2. The van der Waals surface area contributed by atoms with E-state index in [1.54, 1.807) is 18.2 Å². The van der Waals surface area contributed by atoms with Crippen LogP contribution in [0.3, 0.4) is 0 Å². The van der Waals surface area contributed by atoms with Gasteiger partial charge in [-0.05, 0) is 40.2 Å². The molecule has 3 nitrogen and oxygen atoms in total. The van der Waals surface area contributed by atoms with E-state index in [4.69, 9.17) is 10.2 Å². The summed E-state index contributed by atoms with van der Waals surface area (Å²) in [6, 6.07) is 7.66. The topological polar surface area (TPSA) is 52.0 Å². The molecule has 0 bridgehead atoms. The molecule has 0 radical (unpaired) electrons. The molecule has 0 amide bonds. The molecule has 1 heterocycles. The van der Waals surface area contributed by atoms with Crippen LogP contribution in [0.15, 0.2) is 44.4 Å². The molecule has 0 saturated carbocycles. The standard InChI is InChI=1S/C14H9BrF2N2OS/c15-9-2-3-10(16)8(13(9)17)6-21-14-19-11-4-1-7(18)5-12(11)20-14/h1-5H,6,18H2. The van der Waals surface area contributed by atoms with Crippen molar-refractivity contribution in [2.24, 2.45) is 0 Å². The normalized spacial score (nSPS) is 11.2. The third kappa shape index (κ3) is 2.89. The lowest BCUT2D eigenvalue weighted by Gasteiger charge is -2.04. The summed E-state index contributed by atoms with van der Waals surface area (Å²) in [5.74, 6) is -1.12. The van der Waals surface area contributed by atoms with Gasteiger partial charge in [0.2, 0.25) is 0 Å². The van der Waals surface area contributed by atoms with Crippen LogP contribution in [0, 0.1) is 11.6 Å². The smallest absolute Gasteiger partial charge is 0.257 e. The number of hydrogen-bond donors (Lipinski definition) is 1. The zero-order valence-corrected chi connectivity index (χ0v) is 13.0. The molecule has 7 heteroatoms. The summed E-state index contributed by atoms with van der Waals surface area (Å²) in [7, 11) is 0. The molecule has 0 saturated heterocycles. The first-order valence-electron chi connectivity index (χ1n) is 5.96. The third-order valence-electron chi connectivity index (χ3n) is 2.87. The fourth-order valence-electron chi connectivity index (χ4n) is 1.82. The van der Waals surface area contributed by atoms with Crippen LogP contribution in [-0.2, 0) is 5.75 Å². The first-order chi connectivity index (χ1) is 10.0. The van der Waals surface area contributed by atoms with Crippen molar-refractivity contribution in [3.8, 4) is 0 Å². The molecule has 0 fully saturated rings. The van der Waals surface area contributed by atoms with E-state index in [9.17, 15) is 8.78 Å². The number of hydrogen-bond acceptors (Lipinski definition) is 4. The SMILES string of the molecule is Nc1ccc2nc(SCc3c(F)ccc(Br)c3F)oc2c1. The number of nitrogen functional groups attached to an aromatic ring is 1. The number of fused-ring (bicyclic) bond motifs is 1. The van der Waals surface area contributed by atoms with E-state index < -0.39 is 11.6 Å². The van der Waals surface area contributed by atoms with E-state index in [1.807, 2.05) is 0 Å². The average molecular weight is 371 g/mol. The third-order valence-corrected chi connectivity index (χ3v) is 4.34. The minimum absolute atomic E-state index is 0.0175. The summed E-state index contributed by atoms with van der Waals surface area (Å²) in [5.41, 5.74) is 7.41. The maximum atomic E-state index is 13.9. The van der Waals surface area contributed by atoms with Gasteiger partial charge in [-0.1, -0.05) is 11.8 Å². The Bertz CT molecular complexity index is 822. The highest BCUT2D eigenvalue weighted by Crippen LogP contribution is 2.30. The van der Waals surface area contributed by atoms with Crippen LogP contribution in [0.2, 0.25) is 0 Å². The Kier molecular flexibility index (Phi) is 3.86. The van der Waals surface area contributed by atoms with Crippen molar-refractivity contribution in [1.29, 1.82) is 0 Å². The fourth-order valence-corrected chi connectivity index (χ4v) is 3.03. The van der Waals surface area contributed by atoms with E-state index >= 15 is 0 Å². The second-order valence-electron chi connectivity index (χ2n) is 4.32. The predicted octanol–water partition coefficient (Wildman–Crippen LogP) is 4.74. The molecule has 2 aromatic carbocycles. The monoisotopic (exact) mass is 370 g/mol. The highest BCUT2D eigenvalue weighted by molar-refractivity contribution is 9.10. The van der Waals surface area contributed by atoms with Gasteiger partial charge in [-0.15, -0.1) is 0 Å². The van der Waals surface area contributed by atoms with Gasteiger partial charge in [-0.25, -0.2) is 13.8 Å². The lowest BCUT2D eigenvalue weighted by atomic mass is 10.2. The largest absolute Gasteiger partial charge is 0.431 e. The molecule has 3 aromatic rings. The molecule has 1 aromatic heterocycles. The van der Waals surface area contributed by atoms with E-state index in [2.05, 4.69) is 20.9 Å². The zero-order valence-electron chi connectivity index (χ0n) is 10.6. The molecule has 0 aliphatic heterocycles. The van der Waals surface area contributed by atoms with Gasteiger partial charge in [-0.3, -0.25) is 0 Å². The highest BCUT2D eigenvalue weighted by atomic mass is 79.9. The molecule has 0 spiro atoms. The molecule has 0 aliphatic carbocycles. The number of aromatic nitrogens is 1. The summed E-state index contributed by atoms with van der Waals surface area (Å²) < 4.78 is 33.2. The summed E-state index contributed by atoms with van der Waals surface area (Å²) in [4.78, 5) is 4.23. The molecular formula is C14H9BrF2N2OS. The van der Waals surface area contributed by atoms with Gasteiger partial charge in [0.1, 0.15) is 17.2 Å². The van der Waals surface area contributed by atoms with Crippen molar-refractivity contribution in [3.05, 3.63) is 52.0 Å². The zero-order chi connectivity index (χ0) is 15.0. The van der Waals surface area contributed by atoms with Crippen molar-refractivity contribution in [3.63, 3.8) is 0 Å². The molecule has 0 atom stereocenters. The van der Waals surface area contributed by atoms with E-state index in [1.165, 1.54) is 12.1 Å². The van der Waals surface area contributed by atoms with Crippen LogP contribution < -0.4 is 5.73 Å². The van der Waals surface area contributed by atoms with Gasteiger partial charge in [0.25, 0.3) is 5.22 Å². The van der Waals surface area contributed by atoms with Crippen LogP contribution in [0.5, 0.6) is 0 Å². The van der Waals surface area contributed by atoms with E-state index in [0.717, 1.165) is 11.8 Å². The van der Waals surface area contributed by atoms with Crippen LogP contribution in [0.4, 0.5) is 14.5 Å². The average Bonchev–Trinajstić information content (AvgIpc) is 2.85. The summed E-state index contributed by atoms with van der Waals surface area (Å²) in [6.07, 6.45) is 0. The van der Waals surface area contributed by atoms with Crippen molar-refractivity contribution < 1.29 is 13.2 Å². The Morgan fingerprint density at radius 1 is 1.24 bits per heavy atom. The van der Waals surface area contributed by atoms with Crippen molar-refractivity contribution in [2.75, 3.05) is 5.73 Å². The summed E-state index contributed by atoms with van der Waals surface area (Å²) in [5, 5.41) is 0.342. The van der Waals surface area contributed by atoms with Gasteiger partial charge >= 0.3 is 0 Å². The number of nitrogens with zero attached hydrogens (tertiary/aromatic N) is 1. The molecule has 3 rings (SSSR count). The van der Waals surface area contributed by atoms with Gasteiger partial charge in [-0.2, -0.15) is 0 Å². The van der Waals surface area contributed by atoms with E-state index in [0.29, 0.717) is 22.0 Å². The lowest BCUT2D eigenvalue weighted by Crippen LogP contribution is -1.94. The molecule has 108 valence electrons. The van der Waals surface area contributed by atoms with Crippen molar-refractivity contribution in [1.82, 2.24) is 4.98 Å². The van der Waals surface area contributed by atoms with Gasteiger partial charge in [0, 0.05) is 23.1 Å². The van der Waals surface area contributed by atoms with Crippen molar-refractivity contribution in [2.45, 2.75) is 11.0 Å². The number of halogens is 3. The second-order valence-corrected chi connectivity index (χ2v) is 6.10. The van der Waals surface area contributed by atoms with Crippen LogP contribution >= 0.6 is 27.7 Å². The van der Waals surface area contributed by atoms with Gasteiger partial charge in [0.05, 0.1) is 4.47 Å². The minimum Gasteiger partial charge on any atom is -0.431 e. The Hall–Kier alpha value is -1.60. The molecule has 2 N–H and O–H groups in total. The number of thioether (sulfide) groups is 1. The fraction of sp³-hybridized carbons (Fsp3) is 0.0714. The molecule has 0 aliphatic rings. The Balaban J connectivity index is 1.85. The maximum Gasteiger partial charge on any atom is 0.257 e. The Morgan fingerprint density at radius 3 is 2.86 bits per heavy atom. The summed E-state index contributed by atoms with van der Waals surface area (Å²) in [6.45, 7) is 0. The van der Waals surface area contributed by atoms with E-state index in [-0.39, 0.29) is 15.8 Å². The van der Waals surface area contributed by atoms with Crippen LogP contribution in [0.25, 0.3) is 11.1 Å². The highest BCUT2D eigenvalue weighted by Gasteiger charge is 2.14. The Labute approximate surface area is 131 Å². The Morgan fingerprint density at radius 2 is 2.05 bits per heavy atom.